The SMILES string of the molecule is CCCCO[C@@H]1OC(C)[C@@H](O)[C@H](O)C1O.CCCCO[C@@H]1OC(CO)[C@H](O)[C@H](O)C1O.CCCCO[C@H]1OC(CO)[C@@H](O)[C@H](O)C1O.C[C@H]1OC(CS)[C@@H](O)[C@H](O)C1O.C[C@H]1OC(CS)[C@@H](O)[C@H](O)C1O. The van der Waals surface area contributed by atoms with Gasteiger partial charge in [-0.1, -0.05) is 40.0 Å². The molecule has 5 saturated heterocycles. The molecule has 5 heterocycles. The molecule has 0 spiro atoms. The smallest absolute Gasteiger partial charge is 0.186 e. The Morgan fingerprint density at radius 3 is 0.831 bits per heavy atom. The standard InChI is InChI=1S/2C10H20O6.C10H20O5.2C7H14O4S/c2*1-2-3-4-15-10-9(14)8(13)7(12)6(5-11)16-10;1-3-4-5-14-10-9(13)8(12)7(11)6(2)15-10;2*1-3-5(8)7(10)6(9)4(2-12)11-3/h2*6-14H,2-5H2,1H3;6-13H,3-5H2,1-2H3;2*3-10,12H,2H2,1H3/t6?,7-,8+,9?,10+;6?,7-,8-,9?,10+;6?,7-,8+,9?,10-;2*3-,4?,5?,6-,7-/m10111/s1. The van der Waals surface area contributed by atoms with E-state index in [-0.39, 0.29) is 0 Å². The molecule has 27 heteroatoms. The molecule has 5 aliphatic heterocycles. The lowest BCUT2D eigenvalue weighted by molar-refractivity contribution is -0.301. The molecule has 71 heavy (non-hydrogen) atoms. The van der Waals surface area contributed by atoms with Crippen molar-refractivity contribution in [2.75, 3.05) is 44.5 Å². The van der Waals surface area contributed by atoms with Crippen molar-refractivity contribution in [3.05, 3.63) is 0 Å². The summed E-state index contributed by atoms with van der Waals surface area (Å²) in [5, 5.41) is 159. The molecule has 0 aliphatic carbocycles. The van der Waals surface area contributed by atoms with Gasteiger partial charge in [-0.25, -0.2) is 0 Å². The van der Waals surface area contributed by atoms with Crippen molar-refractivity contribution < 1.29 is 125 Å². The van der Waals surface area contributed by atoms with Gasteiger partial charge in [-0.05, 0) is 40.0 Å². The molecule has 5 aliphatic rings. The molecule has 0 bridgehead atoms. The van der Waals surface area contributed by atoms with E-state index in [1.807, 2.05) is 20.8 Å². The number of ether oxygens (including phenoxy) is 8. The summed E-state index contributed by atoms with van der Waals surface area (Å²) in [6, 6.07) is 0. The Labute approximate surface area is 426 Å². The number of thiol groups is 2. The third-order valence-corrected chi connectivity index (χ3v) is 12.8. The lowest BCUT2D eigenvalue weighted by atomic mass is 9.96. The van der Waals surface area contributed by atoms with Gasteiger partial charge in [0, 0.05) is 31.3 Å². The van der Waals surface area contributed by atoms with Crippen molar-refractivity contribution in [2.24, 2.45) is 0 Å². The van der Waals surface area contributed by atoms with Gasteiger partial charge in [0.25, 0.3) is 0 Å². The van der Waals surface area contributed by atoms with Crippen molar-refractivity contribution in [3.8, 4) is 0 Å². The van der Waals surface area contributed by atoms with Crippen LogP contribution in [0.1, 0.15) is 80.1 Å². The highest BCUT2D eigenvalue weighted by Gasteiger charge is 2.46. The normalized spacial score (nSPS) is 43.5. The highest BCUT2D eigenvalue weighted by molar-refractivity contribution is 7.80. The molecule has 0 aromatic carbocycles. The first kappa shape index (κ1) is 68.7. The van der Waals surface area contributed by atoms with E-state index in [0.717, 1.165) is 38.5 Å². The predicted molar refractivity (Wildman–Crippen MR) is 255 cm³/mol. The van der Waals surface area contributed by atoms with Crippen LogP contribution in [0.2, 0.25) is 0 Å². The van der Waals surface area contributed by atoms with Crippen LogP contribution in [-0.4, -0.2) is 285 Å². The fraction of sp³-hybridized carbons (Fsp3) is 1.00. The molecule has 25 nitrogen and oxygen atoms in total. The molecule has 426 valence electrons. The minimum Gasteiger partial charge on any atom is -0.394 e. The number of rotatable bonds is 16. The average Bonchev–Trinajstić information content (AvgIpc) is 3.36. The van der Waals surface area contributed by atoms with E-state index < -0.39 is 166 Å². The maximum absolute atomic E-state index is 9.58. The van der Waals surface area contributed by atoms with Crippen molar-refractivity contribution in [1.82, 2.24) is 0 Å². The highest BCUT2D eigenvalue weighted by Crippen LogP contribution is 2.26. The lowest BCUT2D eigenvalue weighted by Crippen LogP contribution is -2.59. The second-order valence-corrected chi connectivity index (χ2v) is 18.5. The van der Waals surface area contributed by atoms with E-state index in [1.54, 1.807) is 20.8 Å². The van der Waals surface area contributed by atoms with Gasteiger partial charge in [0.1, 0.15) is 104 Å². The molecule has 0 aromatic heterocycles. The van der Waals surface area contributed by atoms with E-state index in [9.17, 15) is 76.6 Å². The van der Waals surface area contributed by atoms with Gasteiger partial charge in [-0.2, -0.15) is 25.3 Å². The van der Waals surface area contributed by atoms with Gasteiger partial charge in [-0.15, -0.1) is 0 Å². The number of unbranched alkanes of at least 4 members (excludes halogenated alkanes) is 3. The molecule has 5 rings (SSSR count). The molecular weight excluding hydrogens is 993 g/mol. The second-order valence-electron chi connectivity index (χ2n) is 17.8. The lowest BCUT2D eigenvalue weighted by Gasteiger charge is -2.39. The van der Waals surface area contributed by atoms with Crippen LogP contribution in [0.25, 0.3) is 0 Å². The number of hydrogen-bond donors (Lipinski definition) is 19. The fourth-order valence-corrected chi connectivity index (χ4v) is 7.77. The van der Waals surface area contributed by atoms with E-state index in [0.29, 0.717) is 31.3 Å². The molecule has 0 amide bonds. The summed E-state index contributed by atoms with van der Waals surface area (Å²) in [5.74, 6) is 0.657. The summed E-state index contributed by atoms with van der Waals surface area (Å²) in [4.78, 5) is 0. The topological polar surface area (TPSA) is 418 Å². The number of aliphatic hydroxyl groups is 17. The van der Waals surface area contributed by atoms with Crippen LogP contribution in [0.4, 0.5) is 0 Å². The maximum atomic E-state index is 9.58. The summed E-state index contributed by atoms with van der Waals surface area (Å²) < 4.78 is 41.7. The molecule has 10 unspecified atom stereocenters. The highest BCUT2D eigenvalue weighted by atomic mass is 32.1. The van der Waals surface area contributed by atoms with Crippen LogP contribution in [0, 0.1) is 0 Å². The fourth-order valence-electron chi connectivity index (χ4n) is 7.17. The first-order valence-corrected chi connectivity index (χ1v) is 25.5. The first-order chi connectivity index (χ1) is 33.4. The largest absolute Gasteiger partial charge is 0.394 e. The van der Waals surface area contributed by atoms with Crippen LogP contribution in [-0.2, 0) is 37.9 Å². The Bertz CT molecular complexity index is 1250. The van der Waals surface area contributed by atoms with Gasteiger partial charge < -0.3 is 125 Å². The monoisotopic (exact) mass is 1080 g/mol. The summed E-state index contributed by atoms with van der Waals surface area (Å²) in [6.45, 7) is 11.4. The zero-order chi connectivity index (χ0) is 54.3. The molecular formula is C44H88O25S2. The van der Waals surface area contributed by atoms with E-state index in [2.05, 4.69) is 25.3 Å². The van der Waals surface area contributed by atoms with Gasteiger partial charge >= 0.3 is 0 Å². The quantitative estimate of drug-likeness (QED) is 0.0506. The van der Waals surface area contributed by atoms with Crippen LogP contribution < -0.4 is 0 Å². The minimum absolute atomic E-state index is 0.329. The summed E-state index contributed by atoms with van der Waals surface area (Å²) in [5.41, 5.74) is 0. The van der Waals surface area contributed by atoms with Crippen LogP contribution in [0.5, 0.6) is 0 Å². The summed E-state index contributed by atoms with van der Waals surface area (Å²) in [7, 11) is 0. The van der Waals surface area contributed by atoms with Crippen molar-refractivity contribution in [2.45, 2.75) is 233 Å². The van der Waals surface area contributed by atoms with Gasteiger partial charge in [0.15, 0.2) is 18.9 Å². The maximum Gasteiger partial charge on any atom is 0.186 e. The van der Waals surface area contributed by atoms with E-state index >= 15 is 0 Å². The first-order valence-electron chi connectivity index (χ1n) is 24.2. The predicted octanol–water partition coefficient (Wildman–Crippen LogP) is -5.59. The number of aliphatic hydroxyl groups excluding tert-OH is 17. The van der Waals surface area contributed by atoms with Gasteiger partial charge in [-0.3, -0.25) is 0 Å². The van der Waals surface area contributed by atoms with Crippen molar-refractivity contribution in [1.29, 1.82) is 0 Å². The van der Waals surface area contributed by atoms with Crippen molar-refractivity contribution in [3.63, 3.8) is 0 Å². The molecule has 5 fully saturated rings. The van der Waals surface area contributed by atoms with Crippen LogP contribution in [0.3, 0.4) is 0 Å². The van der Waals surface area contributed by atoms with E-state index in [1.165, 1.54) is 0 Å². The molecule has 17 N–H and O–H groups in total. The van der Waals surface area contributed by atoms with Crippen molar-refractivity contribution >= 4 is 25.3 Å². The number of hydrogen-bond acceptors (Lipinski definition) is 27. The molecule has 0 radical (unpaired) electrons. The third-order valence-electron chi connectivity index (χ3n) is 12.1. The Morgan fingerprint density at radius 1 is 0.324 bits per heavy atom. The zero-order valence-electron chi connectivity index (χ0n) is 41.4. The molecule has 0 aromatic rings. The van der Waals surface area contributed by atoms with Gasteiger partial charge in [0.2, 0.25) is 0 Å². The third kappa shape index (κ3) is 21.2. The van der Waals surface area contributed by atoms with Crippen LogP contribution >= 0.6 is 25.3 Å². The average molecular weight is 1080 g/mol. The van der Waals surface area contributed by atoms with E-state index in [4.69, 9.17) is 48.1 Å². The zero-order valence-corrected chi connectivity index (χ0v) is 43.2. The molecule has 25 atom stereocenters. The Balaban J connectivity index is 0.000000446. The minimum atomic E-state index is -1.36. The Morgan fingerprint density at radius 2 is 0.563 bits per heavy atom. The van der Waals surface area contributed by atoms with Gasteiger partial charge in [0.05, 0.1) is 43.7 Å². The second kappa shape index (κ2) is 35.9. The Hall–Kier alpha value is -0.300. The molecule has 0 saturated carbocycles. The summed E-state index contributed by atoms with van der Waals surface area (Å²) >= 11 is 7.91. The van der Waals surface area contributed by atoms with Crippen LogP contribution in [0.15, 0.2) is 0 Å². The summed E-state index contributed by atoms with van der Waals surface area (Å²) in [6.07, 6.45) is -19.5. The Kier molecular flexibility index (Phi) is 34.8.